The van der Waals surface area contributed by atoms with Gasteiger partial charge in [0, 0.05) is 52.6 Å². The summed E-state index contributed by atoms with van der Waals surface area (Å²) in [6.07, 6.45) is 7.21. The van der Waals surface area contributed by atoms with E-state index in [1.165, 1.54) is 25.8 Å². The lowest BCUT2D eigenvalue weighted by Gasteiger charge is -2.24. The van der Waals surface area contributed by atoms with E-state index in [-0.39, 0.29) is 24.0 Å². The van der Waals surface area contributed by atoms with E-state index in [4.69, 9.17) is 14.5 Å². The Bertz CT molecular complexity index is 399. The van der Waals surface area contributed by atoms with Crippen LogP contribution in [0.15, 0.2) is 4.99 Å². The molecule has 0 aromatic carbocycles. The molecule has 27 heavy (non-hydrogen) atoms. The lowest BCUT2D eigenvalue weighted by Crippen LogP contribution is -2.40. The van der Waals surface area contributed by atoms with Crippen LogP contribution in [-0.2, 0) is 9.47 Å². The topological polar surface area (TPSA) is 46.1 Å². The summed E-state index contributed by atoms with van der Waals surface area (Å²) in [4.78, 5) is 7.32. The van der Waals surface area contributed by atoms with E-state index in [9.17, 15) is 0 Å². The van der Waals surface area contributed by atoms with Gasteiger partial charge in [0.1, 0.15) is 0 Å². The third-order valence-electron chi connectivity index (χ3n) is 5.98. The first-order chi connectivity index (χ1) is 12.8. The summed E-state index contributed by atoms with van der Waals surface area (Å²) in [5.41, 5.74) is 0. The fourth-order valence-electron chi connectivity index (χ4n) is 4.26. The highest BCUT2D eigenvalue weighted by atomic mass is 127. The third kappa shape index (κ3) is 8.86. The van der Waals surface area contributed by atoms with Crippen LogP contribution < -0.4 is 5.32 Å². The van der Waals surface area contributed by atoms with Crippen molar-refractivity contribution in [2.45, 2.75) is 59.3 Å². The van der Waals surface area contributed by atoms with Gasteiger partial charge in [-0.15, -0.1) is 24.0 Å². The van der Waals surface area contributed by atoms with Gasteiger partial charge >= 0.3 is 0 Å². The molecule has 1 unspecified atom stereocenters. The van der Waals surface area contributed by atoms with Crippen molar-refractivity contribution in [1.29, 1.82) is 0 Å². The Labute approximate surface area is 184 Å². The fourth-order valence-corrected chi connectivity index (χ4v) is 4.26. The van der Waals surface area contributed by atoms with E-state index in [1.54, 1.807) is 0 Å². The first-order valence-electron chi connectivity index (χ1n) is 11.0. The number of halogens is 1. The summed E-state index contributed by atoms with van der Waals surface area (Å²) in [5.74, 6) is 3.49. The maximum Gasteiger partial charge on any atom is 0.193 e. The Morgan fingerprint density at radius 2 is 1.93 bits per heavy atom. The maximum atomic E-state index is 5.86. The van der Waals surface area contributed by atoms with E-state index in [1.807, 2.05) is 0 Å². The largest absolute Gasteiger partial charge is 0.381 e. The molecule has 0 aliphatic carbocycles. The summed E-state index contributed by atoms with van der Waals surface area (Å²) >= 11 is 0. The zero-order valence-corrected chi connectivity index (χ0v) is 20.1. The van der Waals surface area contributed by atoms with E-state index in [0.29, 0.717) is 5.92 Å². The van der Waals surface area contributed by atoms with E-state index in [2.05, 4.69) is 31.0 Å². The highest BCUT2D eigenvalue weighted by molar-refractivity contribution is 14.0. The Morgan fingerprint density at radius 1 is 1.19 bits per heavy atom. The number of hydrogen-bond acceptors (Lipinski definition) is 3. The summed E-state index contributed by atoms with van der Waals surface area (Å²) in [7, 11) is 0. The molecule has 2 rings (SSSR count). The minimum Gasteiger partial charge on any atom is -0.381 e. The minimum atomic E-state index is 0. The van der Waals surface area contributed by atoms with Gasteiger partial charge in [0.05, 0.1) is 0 Å². The molecule has 0 radical (unpaired) electrons. The van der Waals surface area contributed by atoms with E-state index < -0.39 is 0 Å². The number of hydrogen-bond donors (Lipinski definition) is 1. The molecule has 0 saturated carbocycles. The standard InChI is InChI=1S/C21H41N3O2.HI/c1-4-19(5-2)20-8-12-24(16-20)21(22-6-3)23-11-7-13-26-17-18-9-14-25-15-10-18;/h18-20H,4-17H2,1-3H3,(H,22,23);1H. The van der Waals surface area contributed by atoms with Gasteiger partial charge in [-0.1, -0.05) is 26.7 Å². The van der Waals surface area contributed by atoms with Crippen molar-refractivity contribution in [3.05, 3.63) is 0 Å². The Balaban J connectivity index is 0.00000364. The number of nitrogens with one attached hydrogen (secondary N) is 1. The molecule has 2 fully saturated rings. The van der Waals surface area contributed by atoms with Gasteiger partial charge in [-0.25, -0.2) is 0 Å². The molecule has 1 N–H and O–H groups in total. The van der Waals surface area contributed by atoms with Crippen LogP contribution >= 0.6 is 24.0 Å². The second kappa shape index (κ2) is 14.9. The molecule has 0 aromatic heterocycles. The van der Waals surface area contributed by atoms with Crippen LogP contribution in [0.1, 0.15) is 59.3 Å². The normalized spacial score (nSPS) is 21.6. The van der Waals surface area contributed by atoms with Gasteiger partial charge in [0.2, 0.25) is 0 Å². The number of rotatable bonds is 10. The van der Waals surface area contributed by atoms with Crippen LogP contribution in [-0.4, -0.2) is 63.5 Å². The predicted octanol–water partition coefficient (Wildman–Crippen LogP) is 4.16. The first kappa shape index (κ1) is 25.0. The summed E-state index contributed by atoms with van der Waals surface area (Å²) in [6.45, 7) is 14.4. The molecule has 2 heterocycles. The highest BCUT2D eigenvalue weighted by Gasteiger charge is 2.29. The number of ether oxygens (including phenoxy) is 2. The van der Waals surface area contributed by atoms with Gasteiger partial charge in [0.15, 0.2) is 5.96 Å². The molecular weight excluding hydrogens is 453 g/mol. The van der Waals surface area contributed by atoms with Gasteiger partial charge in [-0.3, -0.25) is 4.99 Å². The lowest BCUT2D eigenvalue weighted by molar-refractivity contribution is 0.0205. The maximum absolute atomic E-state index is 5.86. The molecule has 160 valence electrons. The van der Waals surface area contributed by atoms with E-state index in [0.717, 1.165) is 83.1 Å². The molecule has 0 aromatic rings. The second-order valence-corrected chi connectivity index (χ2v) is 7.79. The molecule has 2 aliphatic heterocycles. The van der Waals surface area contributed by atoms with Crippen molar-refractivity contribution >= 4 is 29.9 Å². The number of guanidine groups is 1. The van der Waals surface area contributed by atoms with Gasteiger partial charge in [-0.2, -0.15) is 0 Å². The molecule has 2 aliphatic rings. The minimum absolute atomic E-state index is 0. The monoisotopic (exact) mass is 495 g/mol. The molecule has 5 nitrogen and oxygen atoms in total. The SMILES string of the molecule is CCNC(=NCCCOCC1CCOCC1)N1CCC(C(CC)CC)C1.I. The number of aliphatic imine (C=N–C) groups is 1. The van der Waals surface area contributed by atoms with Crippen LogP contribution in [0.25, 0.3) is 0 Å². The van der Waals surface area contributed by atoms with Crippen molar-refractivity contribution in [2.24, 2.45) is 22.7 Å². The summed E-state index contributed by atoms with van der Waals surface area (Å²) in [6, 6.07) is 0. The summed E-state index contributed by atoms with van der Waals surface area (Å²) in [5, 5.41) is 3.48. The number of likely N-dealkylation sites (tertiary alicyclic amines) is 1. The lowest BCUT2D eigenvalue weighted by atomic mass is 9.87. The zero-order valence-electron chi connectivity index (χ0n) is 17.8. The predicted molar refractivity (Wildman–Crippen MR) is 124 cm³/mol. The molecule has 2 saturated heterocycles. The van der Waals surface area contributed by atoms with Gasteiger partial charge in [0.25, 0.3) is 0 Å². The Kier molecular flexibility index (Phi) is 13.7. The molecule has 0 spiro atoms. The third-order valence-corrected chi connectivity index (χ3v) is 5.98. The highest BCUT2D eigenvalue weighted by Crippen LogP contribution is 2.28. The van der Waals surface area contributed by atoms with Crippen LogP contribution in [0.4, 0.5) is 0 Å². The summed E-state index contributed by atoms with van der Waals surface area (Å²) < 4.78 is 11.3. The quantitative estimate of drug-likeness (QED) is 0.214. The average Bonchev–Trinajstić information content (AvgIpc) is 3.15. The molecule has 6 heteroatoms. The van der Waals surface area contributed by atoms with Crippen molar-refractivity contribution < 1.29 is 9.47 Å². The van der Waals surface area contributed by atoms with E-state index >= 15 is 0 Å². The number of nitrogens with zero attached hydrogens (tertiary/aromatic N) is 2. The van der Waals surface area contributed by atoms with Crippen molar-refractivity contribution in [3.8, 4) is 0 Å². The van der Waals surface area contributed by atoms with Crippen molar-refractivity contribution in [1.82, 2.24) is 10.2 Å². The average molecular weight is 495 g/mol. The zero-order chi connectivity index (χ0) is 18.6. The van der Waals surface area contributed by atoms with Crippen molar-refractivity contribution in [3.63, 3.8) is 0 Å². The van der Waals surface area contributed by atoms with Crippen LogP contribution in [0.2, 0.25) is 0 Å². The smallest absolute Gasteiger partial charge is 0.193 e. The fraction of sp³-hybridized carbons (Fsp3) is 0.952. The Morgan fingerprint density at radius 3 is 2.59 bits per heavy atom. The molecular formula is C21H42IN3O2. The second-order valence-electron chi connectivity index (χ2n) is 7.79. The molecule has 0 bridgehead atoms. The van der Waals surface area contributed by atoms with Crippen LogP contribution in [0.3, 0.4) is 0 Å². The van der Waals surface area contributed by atoms with Crippen molar-refractivity contribution in [2.75, 3.05) is 52.6 Å². The van der Waals surface area contributed by atoms with Gasteiger partial charge < -0.3 is 19.7 Å². The Hall–Kier alpha value is -0.0800. The first-order valence-corrected chi connectivity index (χ1v) is 11.0. The molecule has 1 atom stereocenters. The molecule has 0 amide bonds. The van der Waals surface area contributed by atoms with Crippen LogP contribution in [0.5, 0.6) is 0 Å². The van der Waals surface area contributed by atoms with Crippen LogP contribution in [0, 0.1) is 17.8 Å². The van der Waals surface area contributed by atoms with Gasteiger partial charge in [-0.05, 0) is 50.4 Å².